The lowest BCUT2D eigenvalue weighted by Gasteiger charge is -2.31. The number of fused-ring (bicyclic) bond motifs is 1. The fraction of sp³-hybridized carbons (Fsp3) is 0.182. The first-order chi connectivity index (χ1) is 16.8. The molecular weight excluding hydrogens is 547 g/mol. The molecule has 4 rings (SSSR count). The third-order valence-electron chi connectivity index (χ3n) is 4.97. The predicted molar refractivity (Wildman–Crippen MR) is 125 cm³/mol. The SMILES string of the molecule is CC1(c2cccc(NC(=O)c3ccc(C#N)cn3)c2)Cn2ncc(Br)c2C(N)=N1.O=C(O)C(F)(F)F. The van der Waals surface area contributed by atoms with Gasteiger partial charge in [0.2, 0.25) is 0 Å². The summed E-state index contributed by atoms with van der Waals surface area (Å²) in [4.78, 5) is 30.1. The molecular formula is C22H17BrF3N7O3. The van der Waals surface area contributed by atoms with Crippen molar-refractivity contribution in [2.45, 2.75) is 25.2 Å². The number of nitriles is 1. The number of carboxylic acid groups (broad SMARTS) is 1. The summed E-state index contributed by atoms with van der Waals surface area (Å²) in [6.07, 6.45) is -2.02. The topological polar surface area (TPSA) is 159 Å². The van der Waals surface area contributed by atoms with Gasteiger partial charge >= 0.3 is 12.1 Å². The molecule has 36 heavy (non-hydrogen) atoms. The van der Waals surface area contributed by atoms with Crippen molar-refractivity contribution in [3.63, 3.8) is 0 Å². The molecule has 14 heteroatoms. The number of benzene rings is 1. The van der Waals surface area contributed by atoms with Crippen LogP contribution in [-0.4, -0.2) is 43.8 Å². The van der Waals surface area contributed by atoms with Gasteiger partial charge in [-0.1, -0.05) is 12.1 Å². The van der Waals surface area contributed by atoms with Crippen LogP contribution in [0.4, 0.5) is 18.9 Å². The molecule has 1 atom stereocenters. The predicted octanol–water partition coefficient (Wildman–Crippen LogP) is 3.43. The molecule has 3 heterocycles. The lowest BCUT2D eigenvalue weighted by atomic mass is 9.91. The lowest BCUT2D eigenvalue weighted by Crippen LogP contribution is -2.37. The van der Waals surface area contributed by atoms with Gasteiger partial charge in [-0.05, 0) is 52.7 Å². The molecule has 2 aromatic heterocycles. The van der Waals surface area contributed by atoms with Crippen molar-refractivity contribution in [3.8, 4) is 6.07 Å². The molecule has 4 N–H and O–H groups in total. The molecule has 0 saturated carbocycles. The van der Waals surface area contributed by atoms with E-state index in [1.165, 1.54) is 12.3 Å². The van der Waals surface area contributed by atoms with E-state index < -0.39 is 17.7 Å². The number of aliphatic carboxylic acids is 1. The summed E-state index contributed by atoms with van der Waals surface area (Å²) < 4.78 is 34.4. The summed E-state index contributed by atoms with van der Waals surface area (Å²) >= 11 is 3.44. The Labute approximate surface area is 210 Å². The zero-order valence-electron chi connectivity index (χ0n) is 18.4. The third-order valence-corrected chi connectivity index (χ3v) is 5.55. The standard InChI is InChI=1S/C20H16BrN7O.C2HF3O2/c1-20(11-28-17(18(23)27-20)15(21)10-25-28)13-3-2-4-14(7-13)26-19(29)16-6-5-12(8-22)9-24-16;3-2(4,5)1(6)7/h2-7,9-10H,11H2,1H3,(H2,23,27)(H,26,29);(H,6,7). The Hall–Kier alpha value is -4.25. The molecule has 1 aliphatic heterocycles. The van der Waals surface area contributed by atoms with Gasteiger partial charge in [0.15, 0.2) is 0 Å². The summed E-state index contributed by atoms with van der Waals surface area (Å²) in [6, 6.07) is 12.5. The number of pyridine rings is 1. The van der Waals surface area contributed by atoms with Gasteiger partial charge < -0.3 is 16.2 Å². The van der Waals surface area contributed by atoms with E-state index >= 15 is 0 Å². The number of halogens is 4. The van der Waals surface area contributed by atoms with Gasteiger partial charge in [0.05, 0.1) is 22.8 Å². The highest BCUT2D eigenvalue weighted by Gasteiger charge is 2.38. The lowest BCUT2D eigenvalue weighted by molar-refractivity contribution is -0.192. The third kappa shape index (κ3) is 5.87. The number of nitrogens with one attached hydrogen (secondary N) is 1. The zero-order valence-corrected chi connectivity index (χ0v) is 20.0. The van der Waals surface area contributed by atoms with Crippen LogP contribution in [0, 0.1) is 11.3 Å². The summed E-state index contributed by atoms with van der Waals surface area (Å²) in [7, 11) is 0. The number of hydrogen-bond donors (Lipinski definition) is 3. The van der Waals surface area contributed by atoms with Gasteiger partial charge in [-0.2, -0.15) is 23.5 Å². The number of carboxylic acids is 1. The number of nitrogens with zero attached hydrogens (tertiary/aromatic N) is 5. The number of carbonyl (C=O) groups excluding carboxylic acids is 1. The number of amidine groups is 1. The molecule has 3 aromatic rings. The second kappa shape index (κ2) is 10.2. The van der Waals surface area contributed by atoms with Crippen LogP contribution >= 0.6 is 15.9 Å². The first-order valence-electron chi connectivity index (χ1n) is 9.99. The summed E-state index contributed by atoms with van der Waals surface area (Å²) in [5, 5.41) is 23.2. The molecule has 1 amide bonds. The molecule has 1 unspecified atom stereocenters. The summed E-state index contributed by atoms with van der Waals surface area (Å²) in [5.41, 5.74) is 8.44. The van der Waals surface area contributed by atoms with Crippen molar-refractivity contribution >= 4 is 39.3 Å². The van der Waals surface area contributed by atoms with Crippen molar-refractivity contribution in [2.24, 2.45) is 10.7 Å². The summed E-state index contributed by atoms with van der Waals surface area (Å²) in [6.45, 7) is 2.49. The van der Waals surface area contributed by atoms with Crippen LogP contribution in [0.15, 0.2) is 58.3 Å². The molecule has 1 aromatic carbocycles. The number of aromatic nitrogens is 3. The fourth-order valence-corrected chi connectivity index (χ4v) is 3.76. The largest absolute Gasteiger partial charge is 0.490 e. The Morgan fingerprint density at radius 3 is 2.56 bits per heavy atom. The minimum Gasteiger partial charge on any atom is -0.475 e. The van der Waals surface area contributed by atoms with Gasteiger partial charge in [0.1, 0.15) is 28.8 Å². The van der Waals surface area contributed by atoms with Crippen LogP contribution in [-0.2, 0) is 16.9 Å². The Morgan fingerprint density at radius 1 is 1.28 bits per heavy atom. The van der Waals surface area contributed by atoms with Crippen LogP contribution < -0.4 is 11.1 Å². The van der Waals surface area contributed by atoms with E-state index in [4.69, 9.17) is 25.9 Å². The van der Waals surface area contributed by atoms with Crippen LogP contribution in [0.3, 0.4) is 0 Å². The number of carbonyl (C=O) groups is 2. The maximum absolute atomic E-state index is 12.5. The second-order valence-corrected chi connectivity index (χ2v) is 8.51. The quantitative estimate of drug-likeness (QED) is 0.440. The molecule has 0 radical (unpaired) electrons. The van der Waals surface area contributed by atoms with Crippen LogP contribution in [0.2, 0.25) is 0 Å². The van der Waals surface area contributed by atoms with Crippen LogP contribution in [0.25, 0.3) is 0 Å². The van der Waals surface area contributed by atoms with Crippen molar-refractivity contribution < 1.29 is 27.9 Å². The molecule has 0 saturated heterocycles. The van der Waals surface area contributed by atoms with E-state index in [1.54, 1.807) is 18.3 Å². The van der Waals surface area contributed by atoms with Crippen molar-refractivity contribution in [3.05, 3.63) is 75.8 Å². The zero-order chi connectivity index (χ0) is 26.7. The van der Waals surface area contributed by atoms with E-state index in [1.807, 2.05) is 35.9 Å². The smallest absolute Gasteiger partial charge is 0.475 e. The molecule has 0 aliphatic carbocycles. The average Bonchev–Trinajstić information content (AvgIpc) is 3.19. The van der Waals surface area contributed by atoms with E-state index in [0.29, 0.717) is 23.6 Å². The maximum atomic E-state index is 12.5. The first-order valence-corrected chi connectivity index (χ1v) is 10.8. The Morgan fingerprint density at radius 2 is 1.97 bits per heavy atom. The minimum absolute atomic E-state index is 0.228. The molecule has 10 nitrogen and oxygen atoms in total. The number of anilines is 1. The highest BCUT2D eigenvalue weighted by atomic mass is 79.9. The van der Waals surface area contributed by atoms with Gasteiger partial charge in [-0.25, -0.2) is 9.78 Å². The summed E-state index contributed by atoms with van der Waals surface area (Å²) in [5.74, 6) is -2.71. The van der Waals surface area contributed by atoms with Gasteiger partial charge in [-0.3, -0.25) is 14.5 Å². The minimum atomic E-state index is -5.08. The Bertz CT molecular complexity index is 1380. The van der Waals surface area contributed by atoms with Gasteiger partial charge in [-0.15, -0.1) is 0 Å². The van der Waals surface area contributed by atoms with Crippen molar-refractivity contribution in [1.29, 1.82) is 5.26 Å². The second-order valence-electron chi connectivity index (χ2n) is 7.65. The van der Waals surface area contributed by atoms with E-state index in [9.17, 15) is 18.0 Å². The maximum Gasteiger partial charge on any atom is 0.490 e. The molecule has 0 bridgehead atoms. The first kappa shape index (κ1) is 26.4. The fourth-order valence-electron chi connectivity index (χ4n) is 3.26. The highest BCUT2D eigenvalue weighted by Crippen LogP contribution is 2.34. The van der Waals surface area contributed by atoms with Crippen molar-refractivity contribution in [1.82, 2.24) is 14.8 Å². The van der Waals surface area contributed by atoms with Crippen molar-refractivity contribution in [2.75, 3.05) is 5.32 Å². The monoisotopic (exact) mass is 563 g/mol. The van der Waals surface area contributed by atoms with E-state index in [2.05, 4.69) is 31.3 Å². The molecule has 1 aliphatic rings. The number of nitrogens with two attached hydrogens (primary N) is 1. The molecule has 186 valence electrons. The number of aliphatic imine (C=N–C) groups is 1. The van der Waals surface area contributed by atoms with Crippen LogP contribution in [0.5, 0.6) is 0 Å². The Balaban J connectivity index is 0.000000454. The van der Waals surface area contributed by atoms with Crippen LogP contribution in [0.1, 0.15) is 34.2 Å². The van der Waals surface area contributed by atoms with Gasteiger partial charge in [0.25, 0.3) is 5.91 Å². The highest BCUT2D eigenvalue weighted by molar-refractivity contribution is 9.10. The number of rotatable bonds is 3. The molecule has 0 spiro atoms. The number of hydrogen-bond acceptors (Lipinski definition) is 7. The Kier molecular flexibility index (Phi) is 7.44. The van der Waals surface area contributed by atoms with Gasteiger partial charge in [0, 0.05) is 11.9 Å². The molecule has 0 fully saturated rings. The van der Waals surface area contributed by atoms with E-state index in [0.717, 1.165) is 15.7 Å². The number of alkyl halides is 3. The average molecular weight is 564 g/mol. The number of amides is 1. The normalized spacial score (nSPS) is 16.5. The van der Waals surface area contributed by atoms with E-state index in [-0.39, 0.29) is 11.6 Å².